The van der Waals surface area contributed by atoms with Gasteiger partial charge in [0.1, 0.15) is 0 Å². The molecule has 30 heavy (non-hydrogen) atoms. The SMILES string of the molecule is CN(C)c1ncc(-c2ccccc2)c([C@H]2CCCN(S(=O)(=O)c3cn(C)cn3)C2)n1. The lowest BCUT2D eigenvalue weighted by molar-refractivity contribution is 0.312. The maximum atomic E-state index is 13.1. The molecule has 2 aromatic heterocycles. The van der Waals surface area contributed by atoms with Crippen molar-refractivity contribution >= 4 is 16.0 Å². The second kappa shape index (κ2) is 8.16. The Labute approximate surface area is 177 Å². The van der Waals surface area contributed by atoms with E-state index in [1.54, 1.807) is 17.8 Å². The molecular formula is C21H26N6O2S. The smallest absolute Gasteiger partial charge is 0.262 e. The summed E-state index contributed by atoms with van der Waals surface area (Å²) in [6.07, 6.45) is 6.54. The number of rotatable bonds is 5. The summed E-state index contributed by atoms with van der Waals surface area (Å²) in [5, 5.41) is 0.0885. The highest BCUT2D eigenvalue weighted by atomic mass is 32.2. The molecule has 8 nitrogen and oxygen atoms in total. The molecule has 1 aliphatic heterocycles. The van der Waals surface area contributed by atoms with Crippen LogP contribution in [0.4, 0.5) is 5.95 Å². The van der Waals surface area contributed by atoms with Crippen molar-refractivity contribution in [1.82, 2.24) is 23.8 Å². The van der Waals surface area contributed by atoms with E-state index in [0.29, 0.717) is 19.0 Å². The largest absolute Gasteiger partial charge is 0.347 e. The average molecular weight is 427 g/mol. The van der Waals surface area contributed by atoms with Crippen molar-refractivity contribution < 1.29 is 8.42 Å². The maximum absolute atomic E-state index is 13.1. The third-order valence-corrected chi connectivity index (χ3v) is 7.10. The molecule has 158 valence electrons. The highest BCUT2D eigenvalue weighted by Gasteiger charge is 2.34. The Kier molecular flexibility index (Phi) is 5.57. The van der Waals surface area contributed by atoms with Gasteiger partial charge in [0, 0.05) is 58.1 Å². The summed E-state index contributed by atoms with van der Waals surface area (Å²) in [5.74, 6) is 0.600. The van der Waals surface area contributed by atoms with E-state index in [2.05, 4.69) is 9.97 Å². The third-order valence-electron chi connectivity index (χ3n) is 5.35. The number of piperidine rings is 1. The van der Waals surface area contributed by atoms with Gasteiger partial charge in [0.2, 0.25) is 5.95 Å². The van der Waals surface area contributed by atoms with Crippen LogP contribution < -0.4 is 4.90 Å². The maximum Gasteiger partial charge on any atom is 0.262 e. The van der Waals surface area contributed by atoms with Crippen molar-refractivity contribution in [2.24, 2.45) is 7.05 Å². The molecule has 1 aromatic carbocycles. The zero-order valence-corrected chi connectivity index (χ0v) is 18.2. The molecule has 0 bridgehead atoms. The van der Waals surface area contributed by atoms with E-state index in [9.17, 15) is 8.42 Å². The highest BCUT2D eigenvalue weighted by molar-refractivity contribution is 7.89. The van der Waals surface area contributed by atoms with Crippen LogP contribution in [0.2, 0.25) is 0 Å². The number of benzene rings is 1. The topological polar surface area (TPSA) is 84.2 Å². The predicted molar refractivity (Wildman–Crippen MR) is 116 cm³/mol. The van der Waals surface area contributed by atoms with Crippen LogP contribution in [0, 0.1) is 0 Å². The van der Waals surface area contributed by atoms with Gasteiger partial charge in [0.15, 0.2) is 5.03 Å². The Morgan fingerprint density at radius 1 is 1.13 bits per heavy atom. The van der Waals surface area contributed by atoms with E-state index >= 15 is 0 Å². The van der Waals surface area contributed by atoms with E-state index in [4.69, 9.17) is 4.98 Å². The van der Waals surface area contributed by atoms with Gasteiger partial charge in [0.25, 0.3) is 10.0 Å². The number of nitrogens with zero attached hydrogens (tertiary/aromatic N) is 6. The summed E-state index contributed by atoms with van der Waals surface area (Å²) in [6, 6.07) is 10.0. The van der Waals surface area contributed by atoms with Crippen molar-refractivity contribution in [1.29, 1.82) is 0 Å². The molecule has 0 unspecified atom stereocenters. The van der Waals surface area contributed by atoms with Crippen LogP contribution in [-0.4, -0.2) is 59.4 Å². The molecule has 1 aliphatic rings. The molecule has 0 spiro atoms. The Balaban J connectivity index is 1.71. The second-order valence-corrected chi connectivity index (χ2v) is 9.69. The first kappa shape index (κ1) is 20.5. The summed E-state index contributed by atoms with van der Waals surface area (Å²) in [4.78, 5) is 15.3. The number of aryl methyl sites for hydroxylation is 1. The molecule has 3 heterocycles. The molecule has 0 amide bonds. The molecule has 1 saturated heterocycles. The summed E-state index contributed by atoms with van der Waals surface area (Å²) in [6.45, 7) is 0.865. The first-order valence-electron chi connectivity index (χ1n) is 9.94. The molecule has 1 fully saturated rings. The molecule has 4 rings (SSSR count). The fraction of sp³-hybridized carbons (Fsp3) is 0.381. The average Bonchev–Trinajstić information content (AvgIpc) is 3.21. The lowest BCUT2D eigenvalue weighted by Crippen LogP contribution is -2.39. The van der Waals surface area contributed by atoms with E-state index in [-0.39, 0.29) is 10.9 Å². The van der Waals surface area contributed by atoms with Gasteiger partial charge in [-0.05, 0) is 18.4 Å². The fourth-order valence-corrected chi connectivity index (χ4v) is 5.28. The van der Waals surface area contributed by atoms with Crippen LogP contribution in [0.3, 0.4) is 0 Å². The third kappa shape index (κ3) is 3.95. The molecule has 0 saturated carbocycles. The molecule has 0 radical (unpaired) electrons. The molecule has 0 aliphatic carbocycles. The van der Waals surface area contributed by atoms with Crippen LogP contribution in [-0.2, 0) is 17.1 Å². The Morgan fingerprint density at radius 2 is 1.90 bits per heavy atom. The van der Waals surface area contributed by atoms with Crippen LogP contribution in [0.15, 0.2) is 54.1 Å². The monoisotopic (exact) mass is 426 g/mol. The predicted octanol–water partition coefficient (Wildman–Crippen LogP) is 2.51. The molecule has 9 heteroatoms. The van der Waals surface area contributed by atoms with Gasteiger partial charge >= 0.3 is 0 Å². The normalized spacial score (nSPS) is 17.8. The fourth-order valence-electron chi connectivity index (χ4n) is 3.79. The van der Waals surface area contributed by atoms with E-state index in [1.807, 2.05) is 55.5 Å². The lowest BCUT2D eigenvalue weighted by atomic mass is 9.91. The Hall–Kier alpha value is -2.78. The first-order chi connectivity index (χ1) is 14.4. The summed E-state index contributed by atoms with van der Waals surface area (Å²) in [7, 11) is 1.93. The number of sulfonamides is 1. The second-order valence-electron chi connectivity index (χ2n) is 7.81. The van der Waals surface area contributed by atoms with E-state index in [1.165, 1.54) is 10.6 Å². The zero-order valence-electron chi connectivity index (χ0n) is 17.4. The minimum absolute atomic E-state index is 0.0193. The number of hydrogen-bond donors (Lipinski definition) is 0. The van der Waals surface area contributed by atoms with Gasteiger partial charge < -0.3 is 9.47 Å². The molecule has 1 atom stereocenters. The number of anilines is 1. The van der Waals surface area contributed by atoms with Crippen molar-refractivity contribution in [3.8, 4) is 11.1 Å². The van der Waals surface area contributed by atoms with Crippen LogP contribution in [0.25, 0.3) is 11.1 Å². The minimum Gasteiger partial charge on any atom is -0.347 e. The van der Waals surface area contributed by atoms with Gasteiger partial charge in [0.05, 0.1) is 12.0 Å². The molecule has 0 N–H and O–H groups in total. The lowest BCUT2D eigenvalue weighted by Gasteiger charge is -2.32. The summed E-state index contributed by atoms with van der Waals surface area (Å²) < 4.78 is 29.4. The van der Waals surface area contributed by atoms with Gasteiger partial charge in [-0.25, -0.2) is 23.4 Å². The Morgan fingerprint density at radius 3 is 2.57 bits per heavy atom. The molecular weight excluding hydrogens is 400 g/mol. The van der Waals surface area contributed by atoms with Gasteiger partial charge in [-0.3, -0.25) is 0 Å². The van der Waals surface area contributed by atoms with Crippen LogP contribution in [0.5, 0.6) is 0 Å². The van der Waals surface area contributed by atoms with E-state index in [0.717, 1.165) is 29.7 Å². The highest BCUT2D eigenvalue weighted by Crippen LogP contribution is 2.35. The number of aromatic nitrogens is 4. The number of imidazole rings is 1. The Bertz CT molecular complexity index is 1130. The standard InChI is InChI=1S/C21H26N6O2S/c1-25(2)21-22-12-18(16-8-5-4-6-9-16)20(24-21)17-10-7-11-27(13-17)30(28,29)19-14-26(3)15-23-19/h4-6,8-9,12,14-15,17H,7,10-11,13H2,1-3H3/t17-/m0/s1. The zero-order chi connectivity index (χ0) is 21.3. The first-order valence-corrected chi connectivity index (χ1v) is 11.4. The molecule has 3 aromatic rings. The van der Waals surface area contributed by atoms with Crippen molar-refractivity contribution in [3.05, 3.63) is 54.7 Å². The van der Waals surface area contributed by atoms with E-state index < -0.39 is 10.0 Å². The quantitative estimate of drug-likeness (QED) is 0.623. The van der Waals surface area contributed by atoms with Gasteiger partial charge in [-0.15, -0.1) is 0 Å². The minimum atomic E-state index is -3.64. The van der Waals surface area contributed by atoms with Gasteiger partial charge in [-0.2, -0.15) is 4.31 Å². The van der Waals surface area contributed by atoms with Crippen molar-refractivity contribution in [2.45, 2.75) is 23.8 Å². The van der Waals surface area contributed by atoms with Crippen LogP contribution >= 0.6 is 0 Å². The van der Waals surface area contributed by atoms with Crippen molar-refractivity contribution in [2.75, 3.05) is 32.1 Å². The van der Waals surface area contributed by atoms with Gasteiger partial charge in [-0.1, -0.05) is 30.3 Å². The number of hydrogen-bond acceptors (Lipinski definition) is 6. The summed E-state index contributed by atoms with van der Waals surface area (Å²) >= 11 is 0. The summed E-state index contributed by atoms with van der Waals surface area (Å²) in [5.41, 5.74) is 2.87. The van der Waals surface area contributed by atoms with Crippen molar-refractivity contribution in [3.63, 3.8) is 0 Å². The van der Waals surface area contributed by atoms with Crippen LogP contribution in [0.1, 0.15) is 24.5 Å².